The van der Waals surface area contributed by atoms with Gasteiger partial charge in [-0.1, -0.05) is 26.0 Å². The normalized spacial score (nSPS) is 40.4. The molecule has 3 aliphatic carbocycles. The lowest BCUT2D eigenvalue weighted by Crippen LogP contribution is -2.56. The van der Waals surface area contributed by atoms with Crippen LogP contribution in [-0.2, 0) is 4.79 Å². The first-order valence-corrected chi connectivity index (χ1v) is 11.1. The van der Waals surface area contributed by atoms with Crippen LogP contribution in [-0.4, -0.2) is 34.6 Å². The highest BCUT2D eigenvalue weighted by atomic mass is 19.4. The van der Waals surface area contributed by atoms with Gasteiger partial charge in [0.25, 0.3) is 0 Å². The second-order valence-electron chi connectivity index (χ2n) is 10.3. The summed E-state index contributed by atoms with van der Waals surface area (Å²) in [5, 5.41) is 0. The summed E-state index contributed by atoms with van der Waals surface area (Å²) in [5.41, 5.74) is 2.49. The average Bonchev–Trinajstić information content (AvgIpc) is 3.24. The number of nitrogens with zero attached hydrogens (tertiary/aromatic N) is 2. The van der Waals surface area contributed by atoms with Crippen LogP contribution in [0.1, 0.15) is 57.9 Å². The van der Waals surface area contributed by atoms with Crippen molar-refractivity contribution in [1.29, 1.82) is 0 Å². The van der Waals surface area contributed by atoms with Gasteiger partial charge < -0.3 is 4.90 Å². The lowest BCUT2D eigenvalue weighted by Gasteiger charge is -2.57. The Hall–Kier alpha value is -1.85. The van der Waals surface area contributed by atoms with E-state index in [1.165, 1.54) is 11.1 Å². The van der Waals surface area contributed by atoms with Gasteiger partial charge in [0, 0.05) is 25.0 Å². The maximum absolute atomic E-state index is 13.1. The number of likely N-dealkylation sites (tertiary alicyclic amines) is 1. The fraction of sp³-hybridized carbons (Fsp3) is 0.667. The van der Waals surface area contributed by atoms with Crippen LogP contribution in [0, 0.1) is 28.6 Å². The predicted octanol–water partition coefficient (Wildman–Crippen LogP) is 5.48. The Morgan fingerprint density at radius 1 is 1.17 bits per heavy atom. The van der Waals surface area contributed by atoms with Crippen LogP contribution in [0.2, 0.25) is 0 Å². The SMILES string of the molecule is C[C@]12CCN(C(=O)C(F)(F)F)C1CCC1[C@@H]2CC[C@]2(C)C(c3cccnc3)=CC[C@@H]12. The summed E-state index contributed by atoms with van der Waals surface area (Å²) in [6, 6.07) is 3.84. The van der Waals surface area contributed by atoms with Gasteiger partial charge in [-0.25, -0.2) is 0 Å². The standard InChI is InChI=1S/C24H29F3N2O/c1-22-10-9-19-16(18(22)7-6-17(22)15-4-3-12-28-14-15)5-8-20-23(19,2)11-13-29(20)21(30)24(25,26)27/h3-4,6,12,14,16,18-20H,5,7-11,13H2,1-2H3/t16?,18-,19-,20?,22+,23+/m0/s1. The van der Waals surface area contributed by atoms with Gasteiger partial charge in [-0.2, -0.15) is 13.2 Å². The first-order chi connectivity index (χ1) is 14.2. The molecule has 0 radical (unpaired) electrons. The van der Waals surface area contributed by atoms with Crippen molar-refractivity contribution in [3.8, 4) is 0 Å². The summed E-state index contributed by atoms with van der Waals surface area (Å²) in [5.74, 6) is -0.216. The molecule has 0 N–H and O–H groups in total. The summed E-state index contributed by atoms with van der Waals surface area (Å²) in [7, 11) is 0. The Balaban J connectivity index is 1.41. The third-order valence-electron chi connectivity index (χ3n) is 9.14. The second-order valence-corrected chi connectivity index (χ2v) is 10.3. The summed E-state index contributed by atoms with van der Waals surface area (Å²) in [6.07, 6.45) is 6.75. The summed E-state index contributed by atoms with van der Waals surface area (Å²) in [4.78, 5) is 17.5. The van der Waals surface area contributed by atoms with Gasteiger partial charge in [0.05, 0.1) is 0 Å². The zero-order valence-electron chi connectivity index (χ0n) is 17.6. The van der Waals surface area contributed by atoms with E-state index in [2.05, 4.69) is 31.0 Å². The number of alkyl halides is 3. The van der Waals surface area contributed by atoms with E-state index in [0.29, 0.717) is 30.6 Å². The molecule has 4 aliphatic rings. The Labute approximate surface area is 175 Å². The van der Waals surface area contributed by atoms with E-state index in [9.17, 15) is 18.0 Å². The van der Waals surface area contributed by atoms with Gasteiger partial charge in [0.2, 0.25) is 0 Å². The highest BCUT2D eigenvalue weighted by molar-refractivity contribution is 5.82. The number of fused-ring (bicyclic) bond motifs is 5. The number of aromatic nitrogens is 1. The van der Waals surface area contributed by atoms with E-state index < -0.39 is 12.1 Å². The number of halogens is 3. The molecular weight excluding hydrogens is 389 g/mol. The zero-order valence-corrected chi connectivity index (χ0v) is 17.6. The summed E-state index contributed by atoms with van der Waals surface area (Å²) < 4.78 is 39.4. The number of rotatable bonds is 1. The molecule has 2 heterocycles. The van der Waals surface area contributed by atoms with E-state index >= 15 is 0 Å². The van der Waals surface area contributed by atoms with Gasteiger partial charge in [-0.3, -0.25) is 9.78 Å². The van der Waals surface area contributed by atoms with Crippen molar-refractivity contribution in [3.05, 3.63) is 36.2 Å². The quantitative estimate of drug-likeness (QED) is 0.605. The maximum Gasteiger partial charge on any atom is 0.471 e. The van der Waals surface area contributed by atoms with Crippen LogP contribution < -0.4 is 0 Å². The Morgan fingerprint density at radius 3 is 2.67 bits per heavy atom. The van der Waals surface area contributed by atoms with Crippen LogP contribution in [0.25, 0.3) is 5.57 Å². The Kier molecular flexibility index (Phi) is 4.40. The molecule has 0 bridgehead atoms. The third-order valence-corrected chi connectivity index (χ3v) is 9.14. The van der Waals surface area contributed by atoms with Gasteiger partial charge in [0.15, 0.2) is 0 Å². The molecule has 1 saturated heterocycles. The molecular formula is C24H29F3N2O. The molecule has 1 aliphatic heterocycles. The van der Waals surface area contributed by atoms with Crippen LogP contribution in [0.3, 0.4) is 0 Å². The van der Waals surface area contributed by atoms with Crippen LogP contribution >= 0.6 is 0 Å². The molecule has 5 rings (SSSR count). The third kappa shape index (κ3) is 2.71. The molecule has 6 heteroatoms. The largest absolute Gasteiger partial charge is 0.471 e. The molecule has 0 spiro atoms. The minimum Gasteiger partial charge on any atom is -0.331 e. The first kappa shape index (κ1) is 20.1. The lowest BCUT2D eigenvalue weighted by molar-refractivity contribution is -0.189. The minimum absolute atomic E-state index is 0.105. The fourth-order valence-electron chi connectivity index (χ4n) is 7.76. The molecule has 0 aromatic carbocycles. The maximum atomic E-state index is 13.1. The summed E-state index contributed by atoms with van der Waals surface area (Å²) >= 11 is 0. The molecule has 1 amide bonds. The van der Waals surface area contributed by atoms with E-state index in [1.807, 2.05) is 12.3 Å². The highest BCUT2D eigenvalue weighted by Gasteiger charge is 2.62. The molecule has 1 aromatic rings. The topological polar surface area (TPSA) is 33.2 Å². The van der Waals surface area contributed by atoms with Crippen molar-refractivity contribution in [2.75, 3.05) is 6.54 Å². The van der Waals surface area contributed by atoms with Crippen molar-refractivity contribution in [2.45, 2.75) is 64.6 Å². The second kappa shape index (κ2) is 6.57. The van der Waals surface area contributed by atoms with Crippen molar-refractivity contribution >= 4 is 11.5 Å². The number of allylic oxidation sites excluding steroid dienone is 2. The van der Waals surface area contributed by atoms with Gasteiger partial charge in [-0.15, -0.1) is 0 Å². The van der Waals surface area contributed by atoms with E-state index in [4.69, 9.17) is 0 Å². The number of carbonyl (C=O) groups is 1. The average molecular weight is 419 g/mol. The van der Waals surface area contributed by atoms with E-state index in [0.717, 1.165) is 30.6 Å². The molecule has 1 aromatic heterocycles. The van der Waals surface area contributed by atoms with E-state index in [-0.39, 0.29) is 23.4 Å². The number of amides is 1. The number of carbonyl (C=O) groups excluding carboxylic acids is 1. The molecule has 3 fully saturated rings. The molecule has 30 heavy (non-hydrogen) atoms. The molecule has 162 valence electrons. The predicted molar refractivity (Wildman–Crippen MR) is 108 cm³/mol. The first-order valence-electron chi connectivity index (χ1n) is 11.1. The lowest BCUT2D eigenvalue weighted by atomic mass is 9.48. The van der Waals surface area contributed by atoms with Crippen molar-refractivity contribution in [1.82, 2.24) is 9.88 Å². The monoisotopic (exact) mass is 418 g/mol. The number of pyridine rings is 1. The smallest absolute Gasteiger partial charge is 0.331 e. The van der Waals surface area contributed by atoms with Gasteiger partial charge in [0.1, 0.15) is 0 Å². The van der Waals surface area contributed by atoms with Gasteiger partial charge >= 0.3 is 12.1 Å². The fourth-order valence-corrected chi connectivity index (χ4v) is 7.76. The van der Waals surface area contributed by atoms with Crippen LogP contribution in [0.15, 0.2) is 30.6 Å². The minimum atomic E-state index is -4.78. The van der Waals surface area contributed by atoms with Crippen LogP contribution in [0.5, 0.6) is 0 Å². The van der Waals surface area contributed by atoms with Crippen molar-refractivity contribution in [3.63, 3.8) is 0 Å². The van der Waals surface area contributed by atoms with E-state index in [1.54, 1.807) is 6.20 Å². The van der Waals surface area contributed by atoms with Crippen molar-refractivity contribution < 1.29 is 18.0 Å². The highest BCUT2D eigenvalue weighted by Crippen LogP contribution is 2.66. The Morgan fingerprint density at radius 2 is 1.97 bits per heavy atom. The molecule has 6 atom stereocenters. The molecule has 3 nitrogen and oxygen atoms in total. The van der Waals surface area contributed by atoms with Crippen LogP contribution in [0.4, 0.5) is 13.2 Å². The molecule has 2 unspecified atom stereocenters. The van der Waals surface area contributed by atoms with Crippen molar-refractivity contribution in [2.24, 2.45) is 28.6 Å². The Bertz CT molecular complexity index is 882. The molecule has 2 saturated carbocycles. The number of hydrogen-bond donors (Lipinski definition) is 0. The summed E-state index contributed by atoms with van der Waals surface area (Å²) in [6.45, 7) is 4.78. The van der Waals surface area contributed by atoms with Gasteiger partial charge in [-0.05, 0) is 84.3 Å². The zero-order chi connectivity index (χ0) is 21.3. The number of hydrogen-bond acceptors (Lipinski definition) is 2.